The van der Waals surface area contributed by atoms with Crippen molar-refractivity contribution in [2.24, 2.45) is 0 Å². The molecule has 0 spiro atoms. The van der Waals surface area contributed by atoms with Crippen LogP contribution >= 0.6 is 31.9 Å². The highest BCUT2D eigenvalue weighted by molar-refractivity contribution is 9.10. The second kappa shape index (κ2) is 4.13. The topological polar surface area (TPSA) is 56.5 Å². The maximum absolute atomic E-state index is 6.10. The Morgan fingerprint density at radius 2 is 2.11 bits per heavy atom. The Hall–Kier alpha value is -1.27. The molecule has 0 radical (unpaired) electrons. The fraction of sp³-hybridized carbons (Fsp3) is 0.0833. The smallest absolute Gasteiger partial charge is 0.169 e. The monoisotopic (exact) mass is 369 g/mol. The van der Waals surface area contributed by atoms with Crippen molar-refractivity contribution in [3.8, 4) is 11.5 Å². The van der Waals surface area contributed by atoms with Crippen molar-refractivity contribution in [3.63, 3.8) is 0 Å². The predicted octanol–water partition coefficient (Wildman–Crippen LogP) is 4.01. The number of furan rings is 1. The van der Waals surface area contributed by atoms with Gasteiger partial charge >= 0.3 is 0 Å². The molecule has 0 amide bonds. The Kier molecular flexibility index (Phi) is 2.71. The zero-order valence-electron chi connectivity index (χ0n) is 9.45. The standard InChI is InChI=1S/C12H9Br2N3O/c1-6-4-10-16-11(8-2-3-9(14)18-8)12(15)17(10)5-7(6)13/h2-5H,15H2,1H3. The number of nitrogens with two attached hydrogens (primary N) is 1. The number of nitrogen functional groups attached to an aromatic ring is 1. The zero-order valence-corrected chi connectivity index (χ0v) is 12.6. The molecule has 92 valence electrons. The van der Waals surface area contributed by atoms with Crippen LogP contribution in [0.3, 0.4) is 0 Å². The Balaban J connectivity index is 2.29. The highest BCUT2D eigenvalue weighted by Crippen LogP contribution is 2.31. The van der Waals surface area contributed by atoms with Crippen LogP contribution in [-0.4, -0.2) is 9.38 Å². The number of fused-ring (bicyclic) bond motifs is 1. The number of rotatable bonds is 1. The van der Waals surface area contributed by atoms with Crippen molar-refractivity contribution in [2.45, 2.75) is 6.92 Å². The van der Waals surface area contributed by atoms with Crippen molar-refractivity contribution < 1.29 is 4.42 Å². The van der Waals surface area contributed by atoms with Crippen LogP contribution in [0.25, 0.3) is 17.1 Å². The summed E-state index contributed by atoms with van der Waals surface area (Å²) in [6.45, 7) is 2.01. The number of hydrogen-bond donors (Lipinski definition) is 1. The average Bonchev–Trinajstić information content (AvgIpc) is 2.86. The van der Waals surface area contributed by atoms with Gasteiger partial charge in [0, 0.05) is 10.7 Å². The van der Waals surface area contributed by atoms with Gasteiger partial charge in [-0.2, -0.15) is 0 Å². The maximum atomic E-state index is 6.10. The Morgan fingerprint density at radius 3 is 2.78 bits per heavy atom. The van der Waals surface area contributed by atoms with E-state index in [2.05, 4.69) is 36.8 Å². The molecule has 0 aliphatic carbocycles. The molecule has 0 aliphatic rings. The van der Waals surface area contributed by atoms with Crippen LogP contribution in [0.15, 0.2) is 38.0 Å². The molecule has 0 unspecified atom stereocenters. The molecule has 0 saturated carbocycles. The van der Waals surface area contributed by atoms with E-state index < -0.39 is 0 Å². The summed E-state index contributed by atoms with van der Waals surface area (Å²) in [5.74, 6) is 1.21. The van der Waals surface area contributed by atoms with E-state index in [1.807, 2.05) is 35.7 Å². The fourth-order valence-corrected chi connectivity index (χ4v) is 2.43. The molecule has 3 heterocycles. The summed E-state index contributed by atoms with van der Waals surface area (Å²) < 4.78 is 8.98. The summed E-state index contributed by atoms with van der Waals surface area (Å²) in [5, 5.41) is 0. The van der Waals surface area contributed by atoms with Crippen molar-refractivity contribution in [3.05, 3.63) is 39.1 Å². The number of nitrogens with zero attached hydrogens (tertiary/aromatic N) is 2. The molecule has 0 saturated heterocycles. The second-order valence-electron chi connectivity index (χ2n) is 3.98. The number of anilines is 1. The second-order valence-corrected chi connectivity index (χ2v) is 5.62. The van der Waals surface area contributed by atoms with Crippen LogP contribution in [-0.2, 0) is 0 Å². The van der Waals surface area contributed by atoms with Crippen LogP contribution in [0.4, 0.5) is 5.82 Å². The predicted molar refractivity (Wildman–Crippen MR) is 77.4 cm³/mol. The molecular weight excluding hydrogens is 362 g/mol. The van der Waals surface area contributed by atoms with Crippen molar-refractivity contribution in [1.82, 2.24) is 9.38 Å². The minimum Gasteiger partial charge on any atom is -0.448 e. The van der Waals surface area contributed by atoms with Gasteiger partial charge in [-0.3, -0.25) is 4.40 Å². The van der Waals surface area contributed by atoms with E-state index in [4.69, 9.17) is 10.2 Å². The number of hydrogen-bond acceptors (Lipinski definition) is 3. The average molecular weight is 371 g/mol. The molecule has 18 heavy (non-hydrogen) atoms. The first-order chi connectivity index (χ1) is 8.56. The first kappa shape index (κ1) is 11.8. The van der Waals surface area contributed by atoms with Gasteiger partial charge in [0.25, 0.3) is 0 Å². The summed E-state index contributed by atoms with van der Waals surface area (Å²) in [4.78, 5) is 4.50. The van der Waals surface area contributed by atoms with Gasteiger partial charge in [-0.15, -0.1) is 0 Å². The third-order valence-corrected chi connectivity index (χ3v) is 4.00. The van der Waals surface area contributed by atoms with Crippen LogP contribution in [0, 0.1) is 6.92 Å². The lowest BCUT2D eigenvalue weighted by Gasteiger charge is -2.00. The minimum atomic E-state index is 0.563. The molecule has 3 rings (SSSR count). The lowest BCUT2D eigenvalue weighted by Crippen LogP contribution is -1.94. The molecule has 0 bridgehead atoms. The summed E-state index contributed by atoms with van der Waals surface area (Å²) in [6.07, 6.45) is 1.91. The molecule has 0 atom stereocenters. The van der Waals surface area contributed by atoms with E-state index >= 15 is 0 Å². The Bertz CT molecular complexity index is 745. The number of imidazole rings is 1. The van der Waals surface area contributed by atoms with E-state index in [1.165, 1.54) is 0 Å². The summed E-state index contributed by atoms with van der Waals surface area (Å²) in [5.41, 5.74) is 8.67. The van der Waals surface area contributed by atoms with Crippen LogP contribution in [0.1, 0.15) is 5.56 Å². The summed E-state index contributed by atoms with van der Waals surface area (Å²) in [7, 11) is 0. The molecule has 3 aromatic rings. The summed E-state index contributed by atoms with van der Waals surface area (Å²) in [6, 6.07) is 5.63. The Morgan fingerprint density at radius 1 is 1.33 bits per heavy atom. The minimum absolute atomic E-state index is 0.563. The third-order valence-electron chi connectivity index (χ3n) is 2.75. The highest BCUT2D eigenvalue weighted by atomic mass is 79.9. The van der Waals surface area contributed by atoms with Gasteiger partial charge in [-0.1, -0.05) is 0 Å². The van der Waals surface area contributed by atoms with Gasteiger partial charge in [0.05, 0.1) is 0 Å². The number of aromatic nitrogens is 2. The zero-order chi connectivity index (χ0) is 12.9. The van der Waals surface area contributed by atoms with E-state index in [1.54, 1.807) is 0 Å². The van der Waals surface area contributed by atoms with Crippen LogP contribution in [0.5, 0.6) is 0 Å². The van der Waals surface area contributed by atoms with Crippen LogP contribution < -0.4 is 5.73 Å². The number of aryl methyl sites for hydroxylation is 1. The molecule has 0 fully saturated rings. The number of pyridine rings is 1. The van der Waals surface area contributed by atoms with E-state index in [0.717, 1.165) is 15.7 Å². The van der Waals surface area contributed by atoms with Crippen molar-refractivity contribution >= 4 is 43.3 Å². The molecule has 0 aromatic carbocycles. The molecule has 0 aliphatic heterocycles. The quantitative estimate of drug-likeness (QED) is 0.704. The third kappa shape index (κ3) is 1.76. The maximum Gasteiger partial charge on any atom is 0.169 e. The van der Waals surface area contributed by atoms with Gasteiger partial charge in [0.15, 0.2) is 10.4 Å². The normalized spacial score (nSPS) is 11.3. The number of halogens is 2. The van der Waals surface area contributed by atoms with Crippen molar-refractivity contribution in [1.29, 1.82) is 0 Å². The molecule has 3 aromatic heterocycles. The summed E-state index contributed by atoms with van der Waals surface area (Å²) >= 11 is 6.76. The largest absolute Gasteiger partial charge is 0.448 e. The molecule has 4 nitrogen and oxygen atoms in total. The lowest BCUT2D eigenvalue weighted by molar-refractivity contribution is 0.554. The van der Waals surface area contributed by atoms with Gasteiger partial charge in [0.2, 0.25) is 0 Å². The molecule has 2 N–H and O–H groups in total. The fourth-order valence-electron chi connectivity index (χ4n) is 1.80. The SMILES string of the molecule is Cc1cc2nc(-c3ccc(Br)o3)c(N)n2cc1Br. The van der Waals surface area contributed by atoms with Gasteiger partial charge in [0.1, 0.15) is 17.2 Å². The first-order valence-electron chi connectivity index (χ1n) is 5.25. The lowest BCUT2D eigenvalue weighted by atomic mass is 10.3. The van der Waals surface area contributed by atoms with E-state index in [0.29, 0.717) is 21.9 Å². The molecular formula is C12H9Br2N3O. The van der Waals surface area contributed by atoms with Crippen molar-refractivity contribution in [2.75, 3.05) is 5.73 Å². The Labute approximate surface area is 120 Å². The first-order valence-corrected chi connectivity index (χ1v) is 6.84. The van der Waals surface area contributed by atoms with Gasteiger partial charge in [-0.05, 0) is 62.5 Å². The van der Waals surface area contributed by atoms with Gasteiger partial charge in [-0.25, -0.2) is 4.98 Å². The highest BCUT2D eigenvalue weighted by Gasteiger charge is 2.15. The van der Waals surface area contributed by atoms with Crippen LogP contribution in [0.2, 0.25) is 0 Å². The van der Waals surface area contributed by atoms with E-state index in [9.17, 15) is 0 Å². The van der Waals surface area contributed by atoms with E-state index in [-0.39, 0.29) is 0 Å². The molecule has 6 heteroatoms. The van der Waals surface area contributed by atoms with Gasteiger partial charge < -0.3 is 10.2 Å².